The first-order valence-corrected chi connectivity index (χ1v) is 6.72. The number of aliphatic carboxylic acids is 1. The number of halogens is 2. The number of hydrogen-bond acceptors (Lipinski definition) is 4. The minimum atomic E-state index is -2.79. The number of nitrogens with zero attached hydrogens (tertiary/aromatic N) is 2. The Morgan fingerprint density at radius 1 is 1.43 bits per heavy atom. The van der Waals surface area contributed by atoms with Crippen LogP contribution in [0.5, 0.6) is 0 Å². The van der Waals surface area contributed by atoms with Crippen molar-refractivity contribution in [3.05, 3.63) is 39.8 Å². The van der Waals surface area contributed by atoms with Gasteiger partial charge in [0.05, 0.1) is 11.3 Å². The molecule has 0 saturated carbocycles. The highest BCUT2D eigenvalue weighted by atomic mass is 32.1. The summed E-state index contributed by atoms with van der Waals surface area (Å²) in [4.78, 5) is 23.3. The Balaban J connectivity index is 2.26. The molecule has 1 amide bonds. The maximum Gasteiger partial charge on any atom is 0.332 e. The number of thiophene rings is 1. The third-order valence-corrected chi connectivity index (χ3v) is 3.61. The van der Waals surface area contributed by atoms with E-state index in [1.807, 2.05) is 0 Å². The minimum Gasteiger partial charge on any atom is -0.479 e. The molecule has 6 nitrogen and oxygen atoms in total. The Labute approximate surface area is 122 Å². The van der Waals surface area contributed by atoms with E-state index in [4.69, 9.17) is 0 Å². The number of carboxylic acids is 1. The fraction of sp³-hybridized carbons (Fsp3) is 0.250. The Kier molecular flexibility index (Phi) is 4.32. The molecule has 2 aromatic rings. The number of carbonyl (C=O) groups excluding carboxylic acids is 1. The number of hydrogen-bond donors (Lipinski definition) is 2. The topological polar surface area (TPSA) is 84.2 Å². The van der Waals surface area contributed by atoms with Crippen LogP contribution < -0.4 is 5.32 Å². The van der Waals surface area contributed by atoms with Crippen LogP contribution in [0, 0.1) is 0 Å². The quantitative estimate of drug-likeness (QED) is 0.883. The van der Waals surface area contributed by atoms with Crippen LogP contribution in [0.25, 0.3) is 0 Å². The first kappa shape index (κ1) is 15.1. The first-order valence-electron chi connectivity index (χ1n) is 5.77. The van der Waals surface area contributed by atoms with Gasteiger partial charge in [0.2, 0.25) is 0 Å². The number of carboxylic acid groups (broad SMARTS) is 1. The van der Waals surface area contributed by atoms with Crippen molar-refractivity contribution in [2.75, 3.05) is 0 Å². The molecule has 0 aliphatic heterocycles. The fourth-order valence-electron chi connectivity index (χ4n) is 1.80. The van der Waals surface area contributed by atoms with Crippen LogP contribution in [0.1, 0.15) is 34.1 Å². The second-order valence-corrected chi connectivity index (χ2v) is 4.91. The van der Waals surface area contributed by atoms with Gasteiger partial charge in [-0.15, -0.1) is 0 Å². The molecule has 0 aliphatic rings. The average molecular weight is 315 g/mol. The molecular weight excluding hydrogens is 304 g/mol. The second kappa shape index (κ2) is 6.00. The van der Waals surface area contributed by atoms with Crippen molar-refractivity contribution in [2.45, 2.75) is 12.5 Å². The predicted octanol–water partition coefficient (Wildman–Crippen LogP) is 1.97. The number of carbonyl (C=O) groups is 2. The van der Waals surface area contributed by atoms with E-state index in [1.54, 1.807) is 0 Å². The molecule has 0 fully saturated rings. The summed E-state index contributed by atoms with van der Waals surface area (Å²) in [5.74, 6) is -2.17. The Morgan fingerprint density at radius 3 is 2.67 bits per heavy atom. The summed E-state index contributed by atoms with van der Waals surface area (Å²) in [5.41, 5.74) is -0.389. The summed E-state index contributed by atoms with van der Waals surface area (Å²) in [7, 11) is 1.52. The molecule has 112 valence electrons. The lowest BCUT2D eigenvalue weighted by Crippen LogP contribution is -2.35. The maximum absolute atomic E-state index is 12.8. The molecule has 1 atom stereocenters. The van der Waals surface area contributed by atoms with Crippen LogP contribution in [0.15, 0.2) is 23.0 Å². The summed E-state index contributed by atoms with van der Waals surface area (Å²) < 4.78 is 26.8. The van der Waals surface area contributed by atoms with Crippen LogP contribution in [0.3, 0.4) is 0 Å². The summed E-state index contributed by atoms with van der Waals surface area (Å²) in [6, 6.07) is 0.0659. The van der Waals surface area contributed by atoms with Crippen molar-refractivity contribution in [3.63, 3.8) is 0 Å². The van der Waals surface area contributed by atoms with Gasteiger partial charge in [-0.2, -0.15) is 16.4 Å². The zero-order valence-electron chi connectivity index (χ0n) is 10.8. The minimum absolute atomic E-state index is 0.219. The van der Waals surface area contributed by atoms with Crippen LogP contribution in [-0.2, 0) is 11.8 Å². The standard InChI is InChI=1S/C12H11F2N3O3S/c1-17-8(2-3-15-17)9(12(19)20)16-11(18)7-5-21-4-6(7)10(13)14/h2-5,9-10H,1H3,(H,16,18)(H,19,20). The van der Waals surface area contributed by atoms with E-state index in [-0.39, 0.29) is 11.3 Å². The lowest BCUT2D eigenvalue weighted by Gasteiger charge is -2.15. The molecule has 0 radical (unpaired) electrons. The van der Waals surface area contributed by atoms with Crippen molar-refractivity contribution >= 4 is 23.2 Å². The van der Waals surface area contributed by atoms with Gasteiger partial charge in [-0.25, -0.2) is 13.6 Å². The van der Waals surface area contributed by atoms with E-state index in [1.165, 1.54) is 34.8 Å². The van der Waals surface area contributed by atoms with Crippen molar-refractivity contribution in [1.29, 1.82) is 0 Å². The zero-order chi connectivity index (χ0) is 15.6. The number of alkyl halides is 2. The SMILES string of the molecule is Cn1nccc1C(NC(=O)c1cscc1C(F)F)C(=O)O. The van der Waals surface area contributed by atoms with E-state index in [2.05, 4.69) is 10.4 Å². The van der Waals surface area contributed by atoms with Crippen LogP contribution in [-0.4, -0.2) is 26.8 Å². The van der Waals surface area contributed by atoms with Crippen molar-refractivity contribution in [2.24, 2.45) is 7.05 Å². The Bertz CT molecular complexity index is 668. The zero-order valence-corrected chi connectivity index (χ0v) is 11.6. The molecule has 0 spiro atoms. The second-order valence-electron chi connectivity index (χ2n) is 4.17. The molecule has 0 aromatic carbocycles. The van der Waals surface area contributed by atoms with Gasteiger partial charge in [-0.1, -0.05) is 0 Å². The molecule has 0 saturated heterocycles. The van der Waals surface area contributed by atoms with Crippen LogP contribution in [0.4, 0.5) is 8.78 Å². The van der Waals surface area contributed by atoms with Gasteiger partial charge in [0.1, 0.15) is 0 Å². The molecule has 9 heteroatoms. The highest BCUT2D eigenvalue weighted by Gasteiger charge is 2.27. The van der Waals surface area contributed by atoms with Gasteiger partial charge < -0.3 is 10.4 Å². The van der Waals surface area contributed by atoms with E-state index < -0.39 is 29.9 Å². The highest BCUT2D eigenvalue weighted by Crippen LogP contribution is 2.27. The van der Waals surface area contributed by atoms with E-state index in [0.29, 0.717) is 0 Å². The average Bonchev–Trinajstić information content (AvgIpc) is 3.03. The lowest BCUT2D eigenvalue weighted by molar-refractivity contribution is -0.139. The van der Waals surface area contributed by atoms with Crippen LogP contribution >= 0.6 is 11.3 Å². The fourth-order valence-corrected chi connectivity index (χ4v) is 2.62. The maximum atomic E-state index is 12.8. The smallest absolute Gasteiger partial charge is 0.332 e. The Morgan fingerprint density at radius 2 is 2.14 bits per heavy atom. The monoisotopic (exact) mass is 315 g/mol. The number of rotatable bonds is 5. The van der Waals surface area contributed by atoms with E-state index >= 15 is 0 Å². The van der Waals surface area contributed by atoms with Crippen LogP contribution in [0.2, 0.25) is 0 Å². The van der Waals surface area contributed by atoms with Crippen molar-refractivity contribution in [1.82, 2.24) is 15.1 Å². The number of nitrogens with one attached hydrogen (secondary N) is 1. The van der Waals surface area contributed by atoms with Gasteiger partial charge in [0.25, 0.3) is 12.3 Å². The summed E-state index contributed by atoms with van der Waals surface area (Å²) >= 11 is 0.953. The summed E-state index contributed by atoms with van der Waals surface area (Å²) in [5, 5.41) is 17.7. The molecule has 0 bridgehead atoms. The third kappa shape index (κ3) is 3.07. The molecule has 0 aliphatic carbocycles. The molecule has 2 N–H and O–H groups in total. The van der Waals surface area contributed by atoms with Gasteiger partial charge in [-0.05, 0) is 6.07 Å². The van der Waals surface area contributed by atoms with Gasteiger partial charge in [0, 0.05) is 29.6 Å². The molecule has 21 heavy (non-hydrogen) atoms. The molecule has 2 aromatic heterocycles. The highest BCUT2D eigenvalue weighted by molar-refractivity contribution is 7.08. The van der Waals surface area contributed by atoms with Crippen molar-refractivity contribution in [3.8, 4) is 0 Å². The van der Waals surface area contributed by atoms with Gasteiger partial charge >= 0.3 is 5.97 Å². The first-order chi connectivity index (χ1) is 9.91. The molecule has 2 rings (SSSR count). The van der Waals surface area contributed by atoms with E-state index in [9.17, 15) is 23.5 Å². The summed E-state index contributed by atoms with van der Waals surface area (Å²) in [6.07, 6.45) is -1.41. The van der Waals surface area contributed by atoms with Gasteiger partial charge in [-0.3, -0.25) is 9.48 Å². The Hall–Kier alpha value is -2.29. The number of aromatic nitrogens is 2. The predicted molar refractivity (Wildman–Crippen MR) is 70.3 cm³/mol. The molecular formula is C12H11F2N3O3S. The molecule has 2 heterocycles. The number of aryl methyl sites for hydroxylation is 1. The van der Waals surface area contributed by atoms with E-state index in [0.717, 1.165) is 11.3 Å². The van der Waals surface area contributed by atoms with Crippen molar-refractivity contribution < 1.29 is 23.5 Å². The summed E-state index contributed by atoms with van der Waals surface area (Å²) in [6.45, 7) is 0. The molecule has 1 unspecified atom stereocenters. The largest absolute Gasteiger partial charge is 0.479 e. The third-order valence-electron chi connectivity index (χ3n) is 2.85. The van der Waals surface area contributed by atoms with Gasteiger partial charge in [0.15, 0.2) is 6.04 Å². The number of amides is 1. The lowest BCUT2D eigenvalue weighted by atomic mass is 10.1. The normalized spacial score (nSPS) is 12.4.